The number of nitrogens with one attached hydrogen (secondary N) is 2. The maximum Gasteiger partial charge on any atom is 0.248 e. The predicted molar refractivity (Wildman–Crippen MR) is 77.3 cm³/mol. The van der Waals surface area contributed by atoms with Crippen molar-refractivity contribution < 1.29 is 0 Å². The van der Waals surface area contributed by atoms with E-state index >= 15 is 0 Å². The molecule has 1 fully saturated rings. The summed E-state index contributed by atoms with van der Waals surface area (Å²) >= 11 is 0. The van der Waals surface area contributed by atoms with E-state index in [0.29, 0.717) is 12.1 Å². The monoisotopic (exact) mass is 260 g/mol. The maximum absolute atomic E-state index is 11.4. The van der Waals surface area contributed by atoms with Gasteiger partial charge < -0.3 is 10.3 Å². The summed E-state index contributed by atoms with van der Waals surface area (Å²) in [4.78, 5) is 14.4. The lowest BCUT2D eigenvalue weighted by Gasteiger charge is -2.31. The Balaban J connectivity index is 1.74. The topological polar surface area (TPSA) is 44.9 Å². The molecule has 1 saturated carbocycles. The molecule has 19 heavy (non-hydrogen) atoms. The second kappa shape index (κ2) is 5.49. The average molecular weight is 260 g/mol. The molecule has 3 heteroatoms. The van der Waals surface area contributed by atoms with Crippen LogP contribution in [0.1, 0.15) is 62.7 Å². The summed E-state index contributed by atoms with van der Waals surface area (Å²) in [5, 5.41) is 3.81. The second-order valence-electron chi connectivity index (χ2n) is 6.20. The number of H-pyrrole nitrogens is 1. The molecule has 104 valence electrons. The number of aromatic amines is 1. The van der Waals surface area contributed by atoms with Gasteiger partial charge in [-0.2, -0.15) is 0 Å². The fourth-order valence-corrected chi connectivity index (χ4v) is 3.78. The third-order valence-electron chi connectivity index (χ3n) is 4.90. The molecule has 3 nitrogen and oxygen atoms in total. The quantitative estimate of drug-likeness (QED) is 0.877. The van der Waals surface area contributed by atoms with E-state index in [1.807, 2.05) is 6.07 Å². The third kappa shape index (κ3) is 2.76. The molecule has 1 unspecified atom stereocenters. The standard InChI is InChI=1S/C16H24N2O/c1-11(12-5-2-3-6-12)17-14-7-4-8-15-13(14)9-10-16(19)18-15/h9-12,14,17H,2-8H2,1H3,(H,18,19)/t11-,14?/m0/s1. The smallest absolute Gasteiger partial charge is 0.248 e. The fraction of sp³-hybridized carbons (Fsp3) is 0.688. The van der Waals surface area contributed by atoms with E-state index in [4.69, 9.17) is 0 Å². The van der Waals surface area contributed by atoms with E-state index in [9.17, 15) is 4.79 Å². The highest BCUT2D eigenvalue weighted by molar-refractivity contribution is 5.26. The summed E-state index contributed by atoms with van der Waals surface area (Å²) in [7, 11) is 0. The van der Waals surface area contributed by atoms with Gasteiger partial charge >= 0.3 is 0 Å². The molecule has 0 amide bonds. The van der Waals surface area contributed by atoms with Crippen LogP contribution in [0.5, 0.6) is 0 Å². The Morgan fingerprint density at radius 3 is 2.79 bits per heavy atom. The number of aryl methyl sites for hydroxylation is 1. The van der Waals surface area contributed by atoms with Crippen LogP contribution in [0.25, 0.3) is 0 Å². The Labute approximate surface area is 114 Å². The van der Waals surface area contributed by atoms with Crippen LogP contribution in [-0.2, 0) is 6.42 Å². The van der Waals surface area contributed by atoms with Gasteiger partial charge in [0.1, 0.15) is 0 Å². The molecule has 0 saturated heterocycles. The van der Waals surface area contributed by atoms with E-state index in [1.165, 1.54) is 44.1 Å². The van der Waals surface area contributed by atoms with Crippen molar-refractivity contribution in [1.29, 1.82) is 0 Å². The number of aromatic nitrogens is 1. The Morgan fingerprint density at radius 1 is 1.21 bits per heavy atom. The SMILES string of the molecule is C[C@H](NC1CCCc2[nH]c(=O)ccc21)C1CCCC1. The molecule has 0 radical (unpaired) electrons. The zero-order chi connectivity index (χ0) is 13.2. The van der Waals surface area contributed by atoms with Crippen molar-refractivity contribution >= 4 is 0 Å². The molecule has 3 rings (SSSR count). The minimum absolute atomic E-state index is 0.0308. The van der Waals surface area contributed by atoms with Crippen LogP contribution in [0.4, 0.5) is 0 Å². The second-order valence-corrected chi connectivity index (χ2v) is 6.20. The van der Waals surface area contributed by atoms with Crippen LogP contribution in [0.2, 0.25) is 0 Å². The molecular formula is C16H24N2O. The molecule has 2 aliphatic rings. The van der Waals surface area contributed by atoms with Gasteiger partial charge in [0.25, 0.3) is 0 Å². The van der Waals surface area contributed by atoms with Gasteiger partial charge in [-0.1, -0.05) is 18.9 Å². The number of rotatable bonds is 3. The fourth-order valence-electron chi connectivity index (χ4n) is 3.78. The Morgan fingerprint density at radius 2 is 2.00 bits per heavy atom. The van der Waals surface area contributed by atoms with Crippen LogP contribution >= 0.6 is 0 Å². The van der Waals surface area contributed by atoms with Crippen molar-refractivity contribution in [1.82, 2.24) is 10.3 Å². The Hall–Kier alpha value is -1.09. The summed E-state index contributed by atoms with van der Waals surface area (Å²) < 4.78 is 0. The summed E-state index contributed by atoms with van der Waals surface area (Å²) in [6.07, 6.45) is 8.91. The first-order valence-electron chi connectivity index (χ1n) is 7.72. The highest BCUT2D eigenvalue weighted by Crippen LogP contribution is 2.32. The van der Waals surface area contributed by atoms with Crippen molar-refractivity contribution in [2.75, 3.05) is 0 Å². The molecule has 2 aliphatic carbocycles. The van der Waals surface area contributed by atoms with Gasteiger partial charge in [-0.3, -0.25) is 4.79 Å². The highest BCUT2D eigenvalue weighted by Gasteiger charge is 2.26. The van der Waals surface area contributed by atoms with Crippen LogP contribution in [0.15, 0.2) is 16.9 Å². The van der Waals surface area contributed by atoms with Gasteiger partial charge in [-0.15, -0.1) is 0 Å². The molecule has 0 aromatic carbocycles. The van der Waals surface area contributed by atoms with Gasteiger partial charge in [-0.05, 0) is 50.5 Å². The van der Waals surface area contributed by atoms with Gasteiger partial charge in [0.15, 0.2) is 0 Å². The maximum atomic E-state index is 11.4. The largest absolute Gasteiger partial charge is 0.326 e. The molecule has 1 aromatic heterocycles. The average Bonchev–Trinajstić information content (AvgIpc) is 2.92. The molecule has 2 N–H and O–H groups in total. The molecule has 0 bridgehead atoms. The molecule has 0 spiro atoms. The zero-order valence-corrected chi connectivity index (χ0v) is 11.7. The van der Waals surface area contributed by atoms with E-state index in [1.54, 1.807) is 6.07 Å². The lowest BCUT2D eigenvalue weighted by Crippen LogP contribution is -2.37. The first kappa shape index (κ1) is 12.9. The molecule has 1 aromatic rings. The van der Waals surface area contributed by atoms with Crippen LogP contribution in [0, 0.1) is 5.92 Å². The summed E-state index contributed by atoms with van der Waals surface area (Å²) in [6.45, 7) is 2.33. The number of fused-ring (bicyclic) bond motifs is 1. The highest BCUT2D eigenvalue weighted by atomic mass is 16.1. The zero-order valence-electron chi connectivity index (χ0n) is 11.7. The third-order valence-corrected chi connectivity index (χ3v) is 4.90. The first-order chi connectivity index (χ1) is 9.24. The van der Waals surface area contributed by atoms with E-state index < -0.39 is 0 Å². The van der Waals surface area contributed by atoms with E-state index in [2.05, 4.69) is 17.2 Å². The van der Waals surface area contributed by atoms with E-state index in [0.717, 1.165) is 18.0 Å². The normalized spacial score (nSPS) is 25.2. The Kier molecular flexibility index (Phi) is 3.74. The van der Waals surface area contributed by atoms with Crippen molar-refractivity contribution in [3.63, 3.8) is 0 Å². The van der Waals surface area contributed by atoms with Crippen LogP contribution in [-0.4, -0.2) is 11.0 Å². The number of hydrogen-bond donors (Lipinski definition) is 2. The molecular weight excluding hydrogens is 236 g/mol. The van der Waals surface area contributed by atoms with Crippen molar-refractivity contribution in [2.24, 2.45) is 5.92 Å². The van der Waals surface area contributed by atoms with Gasteiger partial charge in [0.05, 0.1) is 0 Å². The molecule has 0 aliphatic heterocycles. The summed E-state index contributed by atoms with van der Waals surface area (Å²) in [5.74, 6) is 0.841. The predicted octanol–water partition coefficient (Wildman–Crippen LogP) is 2.92. The molecule has 1 heterocycles. The number of pyridine rings is 1. The Bertz CT molecular complexity index is 488. The van der Waals surface area contributed by atoms with Crippen molar-refractivity contribution in [3.05, 3.63) is 33.7 Å². The first-order valence-corrected chi connectivity index (χ1v) is 7.72. The van der Waals surface area contributed by atoms with Crippen molar-refractivity contribution in [3.8, 4) is 0 Å². The van der Waals surface area contributed by atoms with Crippen LogP contribution < -0.4 is 10.9 Å². The summed E-state index contributed by atoms with van der Waals surface area (Å²) in [5.41, 5.74) is 2.49. The minimum atomic E-state index is 0.0308. The lowest BCUT2D eigenvalue weighted by molar-refractivity contribution is 0.323. The van der Waals surface area contributed by atoms with Gasteiger partial charge in [0, 0.05) is 23.8 Å². The number of hydrogen-bond acceptors (Lipinski definition) is 2. The van der Waals surface area contributed by atoms with Crippen molar-refractivity contribution in [2.45, 2.75) is 64.0 Å². The lowest BCUT2D eigenvalue weighted by atomic mass is 9.89. The van der Waals surface area contributed by atoms with E-state index in [-0.39, 0.29) is 5.56 Å². The van der Waals surface area contributed by atoms with Gasteiger partial charge in [-0.25, -0.2) is 0 Å². The minimum Gasteiger partial charge on any atom is -0.326 e. The van der Waals surface area contributed by atoms with Gasteiger partial charge in [0.2, 0.25) is 5.56 Å². The molecule has 2 atom stereocenters. The van der Waals surface area contributed by atoms with Crippen LogP contribution in [0.3, 0.4) is 0 Å². The summed E-state index contributed by atoms with van der Waals surface area (Å²) in [6, 6.07) is 4.70.